The van der Waals surface area contributed by atoms with E-state index in [2.05, 4.69) is 21.1 Å². The van der Waals surface area contributed by atoms with Crippen LogP contribution in [-0.2, 0) is 42.3 Å². The number of aryl methyl sites for hydroxylation is 2. The van der Waals surface area contributed by atoms with Crippen molar-refractivity contribution in [2.75, 3.05) is 19.4 Å². The third-order valence-electron chi connectivity index (χ3n) is 5.52. The molecule has 7 nitrogen and oxygen atoms in total. The summed E-state index contributed by atoms with van der Waals surface area (Å²) in [6.45, 7) is 0.512. The van der Waals surface area contributed by atoms with Crippen molar-refractivity contribution >= 4 is 21.7 Å². The molecule has 8 heteroatoms. The molecule has 0 spiro atoms. The van der Waals surface area contributed by atoms with Crippen LogP contribution in [0.4, 0.5) is 10.5 Å². The third-order valence-corrected chi connectivity index (χ3v) is 6.84. The Morgan fingerprint density at radius 2 is 1.72 bits per heavy atom. The van der Waals surface area contributed by atoms with Gasteiger partial charge in [0.1, 0.15) is 0 Å². The van der Waals surface area contributed by atoms with Gasteiger partial charge in [-0.2, -0.15) is 0 Å². The van der Waals surface area contributed by atoms with E-state index in [1.54, 1.807) is 0 Å². The number of fused-ring (bicyclic) bond motifs is 2. The molecule has 0 aliphatic heterocycles. The van der Waals surface area contributed by atoms with Crippen LogP contribution < -0.4 is 10.0 Å². The Morgan fingerprint density at radius 1 is 1.07 bits per heavy atom. The van der Waals surface area contributed by atoms with Gasteiger partial charge in [0.2, 0.25) is 0 Å². The fourth-order valence-electron chi connectivity index (χ4n) is 4.32. The van der Waals surface area contributed by atoms with E-state index < -0.39 is 16.1 Å². The highest BCUT2D eigenvalue weighted by atomic mass is 32.2. The molecule has 0 saturated heterocycles. The van der Waals surface area contributed by atoms with Crippen molar-refractivity contribution in [3.8, 4) is 0 Å². The summed E-state index contributed by atoms with van der Waals surface area (Å²) in [5, 5.41) is 2.86. The largest absolute Gasteiger partial charge is 0.333 e. The number of pyridine rings is 1. The summed E-state index contributed by atoms with van der Waals surface area (Å²) < 4.78 is 27.6. The van der Waals surface area contributed by atoms with Gasteiger partial charge < -0.3 is 10.2 Å². The molecule has 29 heavy (non-hydrogen) atoms. The topological polar surface area (TPSA) is 91.4 Å². The monoisotopic (exact) mass is 414 g/mol. The summed E-state index contributed by atoms with van der Waals surface area (Å²) >= 11 is 0. The Balaban J connectivity index is 1.55. The van der Waals surface area contributed by atoms with E-state index in [0.29, 0.717) is 12.2 Å². The molecular formula is C21H26N4O3S. The van der Waals surface area contributed by atoms with Gasteiger partial charge in [-0.15, -0.1) is 0 Å². The molecular weight excluding hydrogens is 388 g/mol. The van der Waals surface area contributed by atoms with Crippen LogP contribution in [0.25, 0.3) is 0 Å². The van der Waals surface area contributed by atoms with Crippen molar-refractivity contribution < 1.29 is 13.2 Å². The fourth-order valence-corrected chi connectivity index (χ4v) is 5.26. The Kier molecular flexibility index (Phi) is 5.31. The van der Waals surface area contributed by atoms with Crippen molar-refractivity contribution in [1.82, 2.24) is 14.6 Å². The highest BCUT2D eigenvalue weighted by Gasteiger charge is 2.26. The summed E-state index contributed by atoms with van der Waals surface area (Å²) in [5.41, 5.74) is 6.34. The Labute approximate surface area is 171 Å². The molecule has 2 amide bonds. The number of urea groups is 1. The summed E-state index contributed by atoms with van der Waals surface area (Å²) in [6.07, 6.45) is 7.46. The molecule has 1 aromatic carbocycles. The maximum atomic E-state index is 12.7. The predicted molar refractivity (Wildman–Crippen MR) is 111 cm³/mol. The van der Waals surface area contributed by atoms with Gasteiger partial charge >= 0.3 is 6.03 Å². The average molecular weight is 415 g/mol. The molecule has 0 saturated carbocycles. The highest BCUT2D eigenvalue weighted by molar-refractivity contribution is 7.90. The molecule has 0 unspecified atom stereocenters. The molecule has 2 aromatic rings. The van der Waals surface area contributed by atoms with Gasteiger partial charge in [0.05, 0.1) is 10.6 Å². The maximum Gasteiger partial charge on any atom is 0.333 e. The van der Waals surface area contributed by atoms with Crippen molar-refractivity contribution in [3.05, 3.63) is 52.3 Å². The molecule has 1 aromatic heterocycles. The molecule has 0 radical (unpaired) electrons. The van der Waals surface area contributed by atoms with E-state index in [1.807, 2.05) is 19.0 Å². The number of hydrogen-bond acceptors (Lipinski definition) is 5. The standard InChI is InChI=1S/C21H26N4O3S/c1-25(2)13-16-12-17(9-10-22-16)29(27,28)24-21(26)23-20-18-7-3-5-14(18)11-15-6-4-8-19(15)20/h9-12H,3-8,13H2,1-2H3,(H2,23,24,26). The molecule has 0 fully saturated rings. The zero-order chi connectivity index (χ0) is 20.6. The SMILES string of the molecule is CN(C)Cc1cc(S(=O)(=O)NC(=O)Nc2c3c(cc4c2CCC4)CCC3)ccn1. The summed E-state index contributed by atoms with van der Waals surface area (Å²) in [7, 11) is -0.226. The Bertz CT molecular complexity index is 1030. The zero-order valence-corrected chi connectivity index (χ0v) is 17.6. The van der Waals surface area contributed by atoms with E-state index in [-0.39, 0.29) is 4.90 Å². The van der Waals surface area contributed by atoms with Gasteiger partial charge in [0.15, 0.2) is 0 Å². The van der Waals surface area contributed by atoms with Crippen LogP contribution in [0.1, 0.15) is 40.8 Å². The second kappa shape index (κ2) is 7.76. The number of carbonyl (C=O) groups excluding carboxylic acids is 1. The minimum atomic E-state index is -3.99. The summed E-state index contributed by atoms with van der Waals surface area (Å²) in [6, 6.07) is 4.44. The van der Waals surface area contributed by atoms with Crippen molar-refractivity contribution in [2.45, 2.75) is 50.0 Å². The van der Waals surface area contributed by atoms with Crippen LogP contribution in [0.2, 0.25) is 0 Å². The number of nitrogens with one attached hydrogen (secondary N) is 2. The summed E-state index contributed by atoms with van der Waals surface area (Å²) in [5.74, 6) is 0. The number of amides is 2. The first kappa shape index (κ1) is 19.8. The third kappa shape index (κ3) is 4.13. The minimum absolute atomic E-state index is 0.0306. The first-order chi connectivity index (χ1) is 13.8. The number of carbonyl (C=O) groups is 1. The van der Waals surface area contributed by atoms with E-state index in [9.17, 15) is 13.2 Å². The zero-order valence-electron chi connectivity index (χ0n) is 16.8. The summed E-state index contributed by atoms with van der Waals surface area (Å²) in [4.78, 5) is 18.8. The lowest BCUT2D eigenvalue weighted by Gasteiger charge is -2.17. The van der Waals surface area contributed by atoms with Crippen molar-refractivity contribution in [2.24, 2.45) is 0 Å². The Morgan fingerprint density at radius 3 is 2.34 bits per heavy atom. The number of aromatic nitrogens is 1. The molecule has 0 bridgehead atoms. The number of hydrogen-bond donors (Lipinski definition) is 2. The van der Waals surface area contributed by atoms with Crippen LogP contribution >= 0.6 is 0 Å². The number of nitrogens with zero attached hydrogens (tertiary/aromatic N) is 2. The van der Waals surface area contributed by atoms with Gasteiger partial charge in [0.25, 0.3) is 10.0 Å². The van der Waals surface area contributed by atoms with Gasteiger partial charge in [-0.05, 0) is 87.0 Å². The van der Waals surface area contributed by atoms with Gasteiger partial charge in [0, 0.05) is 18.4 Å². The first-order valence-corrected chi connectivity index (χ1v) is 11.4. The van der Waals surface area contributed by atoms with Crippen molar-refractivity contribution in [1.29, 1.82) is 0 Å². The van der Waals surface area contributed by atoms with Gasteiger partial charge in [-0.25, -0.2) is 17.9 Å². The fraction of sp³-hybridized carbons (Fsp3) is 0.429. The van der Waals surface area contributed by atoms with E-state index in [4.69, 9.17) is 0 Å². The van der Waals surface area contributed by atoms with E-state index in [0.717, 1.165) is 55.3 Å². The molecule has 2 N–H and O–H groups in total. The number of benzene rings is 1. The molecule has 4 rings (SSSR count). The van der Waals surface area contributed by atoms with Crippen LogP contribution in [0.15, 0.2) is 29.3 Å². The van der Waals surface area contributed by atoms with E-state index in [1.165, 1.54) is 29.5 Å². The Hall–Kier alpha value is -2.45. The maximum absolute atomic E-state index is 12.7. The highest BCUT2D eigenvalue weighted by Crippen LogP contribution is 2.38. The smallest absolute Gasteiger partial charge is 0.307 e. The lowest BCUT2D eigenvalue weighted by atomic mass is 9.99. The number of anilines is 1. The van der Waals surface area contributed by atoms with Crippen LogP contribution in [0.5, 0.6) is 0 Å². The second-order valence-electron chi connectivity index (χ2n) is 8.01. The lowest BCUT2D eigenvalue weighted by molar-refractivity contribution is 0.256. The predicted octanol–water partition coefficient (Wildman–Crippen LogP) is 2.63. The van der Waals surface area contributed by atoms with Gasteiger partial charge in [-0.3, -0.25) is 4.98 Å². The second-order valence-corrected chi connectivity index (χ2v) is 9.70. The van der Waals surface area contributed by atoms with Crippen molar-refractivity contribution in [3.63, 3.8) is 0 Å². The molecule has 1 heterocycles. The van der Waals surface area contributed by atoms with Crippen LogP contribution in [0, 0.1) is 0 Å². The average Bonchev–Trinajstić information content (AvgIpc) is 3.29. The molecule has 2 aliphatic carbocycles. The van der Waals surface area contributed by atoms with Crippen LogP contribution in [-0.4, -0.2) is 38.4 Å². The molecule has 154 valence electrons. The van der Waals surface area contributed by atoms with E-state index >= 15 is 0 Å². The number of rotatable bonds is 5. The quantitative estimate of drug-likeness (QED) is 0.785. The molecule has 0 atom stereocenters. The molecule has 2 aliphatic rings. The lowest BCUT2D eigenvalue weighted by Crippen LogP contribution is -2.35. The van der Waals surface area contributed by atoms with Crippen LogP contribution in [0.3, 0.4) is 0 Å². The normalized spacial score (nSPS) is 15.3. The minimum Gasteiger partial charge on any atom is -0.307 e. The van der Waals surface area contributed by atoms with Gasteiger partial charge in [-0.1, -0.05) is 6.07 Å². The number of sulfonamides is 1. The first-order valence-electron chi connectivity index (χ1n) is 9.93.